The van der Waals surface area contributed by atoms with Crippen LogP contribution in [-0.4, -0.2) is 32.8 Å². The lowest BCUT2D eigenvalue weighted by atomic mass is 10.0. The second-order valence-electron chi connectivity index (χ2n) is 6.25. The van der Waals surface area contributed by atoms with Gasteiger partial charge in [-0.25, -0.2) is 14.6 Å². The molecule has 0 atom stereocenters. The molecular formula is C22H18N4O3. The summed E-state index contributed by atoms with van der Waals surface area (Å²) >= 11 is 0. The van der Waals surface area contributed by atoms with Crippen molar-refractivity contribution in [2.24, 2.45) is 0 Å². The average Bonchev–Trinajstić information content (AvgIpc) is 3.24. The van der Waals surface area contributed by atoms with Crippen molar-refractivity contribution >= 4 is 5.97 Å². The monoisotopic (exact) mass is 386 g/mol. The van der Waals surface area contributed by atoms with Crippen molar-refractivity contribution in [3.63, 3.8) is 0 Å². The Balaban J connectivity index is 1.81. The summed E-state index contributed by atoms with van der Waals surface area (Å²) in [6, 6.07) is 15.1. The molecule has 0 aliphatic heterocycles. The normalized spacial score (nSPS) is 10.6. The third-order valence-corrected chi connectivity index (χ3v) is 4.32. The molecule has 2 heterocycles. The summed E-state index contributed by atoms with van der Waals surface area (Å²) in [5.41, 5.74) is 3.85. The number of esters is 1. The molecule has 0 saturated heterocycles. The van der Waals surface area contributed by atoms with E-state index in [9.17, 15) is 4.79 Å². The van der Waals surface area contributed by atoms with Gasteiger partial charge in [0.1, 0.15) is 17.8 Å². The van der Waals surface area contributed by atoms with Crippen LogP contribution in [0.3, 0.4) is 0 Å². The lowest BCUT2D eigenvalue weighted by molar-refractivity contribution is -0.131. The summed E-state index contributed by atoms with van der Waals surface area (Å²) in [5.74, 6) is 0.525. The molecule has 2 aromatic carbocycles. The molecule has 0 saturated carbocycles. The number of nitrogens with zero attached hydrogens (tertiary/aromatic N) is 4. The highest BCUT2D eigenvalue weighted by molar-refractivity contribution is 5.84. The fourth-order valence-electron chi connectivity index (χ4n) is 3.00. The molecule has 4 rings (SSSR count). The minimum Gasteiger partial charge on any atom is -0.497 e. The van der Waals surface area contributed by atoms with Crippen LogP contribution >= 0.6 is 0 Å². The van der Waals surface area contributed by atoms with E-state index in [2.05, 4.69) is 15.1 Å². The largest absolute Gasteiger partial charge is 0.497 e. The number of methoxy groups -OCH3 is 1. The van der Waals surface area contributed by atoms with Crippen molar-refractivity contribution in [3.05, 3.63) is 73.4 Å². The van der Waals surface area contributed by atoms with Gasteiger partial charge in [-0.05, 0) is 24.3 Å². The minimum atomic E-state index is -0.424. The van der Waals surface area contributed by atoms with E-state index in [1.165, 1.54) is 13.3 Å². The number of benzene rings is 2. The SMILES string of the molecule is COc1ccc(-c2ncncc2-c2cnn(-c3ccccc3)c2)c(OC(C)=O)c1. The zero-order valence-corrected chi connectivity index (χ0v) is 15.9. The van der Waals surface area contributed by atoms with Gasteiger partial charge in [0.15, 0.2) is 0 Å². The zero-order chi connectivity index (χ0) is 20.2. The maximum atomic E-state index is 11.6. The average molecular weight is 386 g/mol. The van der Waals surface area contributed by atoms with E-state index in [4.69, 9.17) is 9.47 Å². The highest BCUT2D eigenvalue weighted by atomic mass is 16.5. The molecule has 0 fully saturated rings. The molecule has 29 heavy (non-hydrogen) atoms. The van der Waals surface area contributed by atoms with Crippen LogP contribution < -0.4 is 9.47 Å². The quantitative estimate of drug-likeness (QED) is 0.382. The van der Waals surface area contributed by atoms with Crippen molar-refractivity contribution in [1.82, 2.24) is 19.7 Å². The number of ether oxygens (including phenoxy) is 2. The lowest BCUT2D eigenvalue weighted by Crippen LogP contribution is -2.04. The number of rotatable bonds is 5. The molecule has 0 aliphatic carbocycles. The Morgan fingerprint density at radius 2 is 1.86 bits per heavy atom. The second-order valence-corrected chi connectivity index (χ2v) is 6.25. The molecule has 7 heteroatoms. The number of hydrogen-bond donors (Lipinski definition) is 0. The van der Waals surface area contributed by atoms with Crippen molar-refractivity contribution < 1.29 is 14.3 Å². The van der Waals surface area contributed by atoms with E-state index < -0.39 is 5.97 Å². The first-order valence-electron chi connectivity index (χ1n) is 8.93. The number of carbonyl (C=O) groups is 1. The molecule has 7 nitrogen and oxygen atoms in total. The van der Waals surface area contributed by atoms with Gasteiger partial charge in [0, 0.05) is 42.1 Å². The smallest absolute Gasteiger partial charge is 0.308 e. The summed E-state index contributed by atoms with van der Waals surface area (Å²) in [6.45, 7) is 1.36. The Hall–Kier alpha value is -4.00. The Kier molecular flexibility index (Phi) is 5.03. The van der Waals surface area contributed by atoms with Gasteiger partial charge in [0.2, 0.25) is 0 Å². The third kappa shape index (κ3) is 3.84. The summed E-state index contributed by atoms with van der Waals surface area (Å²) < 4.78 is 12.4. The van der Waals surface area contributed by atoms with Crippen LogP contribution in [0.5, 0.6) is 11.5 Å². The standard InChI is InChI=1S/C22H18N4O3/c1-15(27)29-21-10-18(28-2)8-9-19(21)22-20(12-23-14-24-22)16-11-25-26(13-16)17-6-4-3-5-7-17/h3-14H,1-2H3. The van der Waals surface area contributed by atoms with Crippen LogP contribution in [0.25, 0.3) is 28.1 Å². The summed E-state index contributed by atoms with van der Waals surface area (Å²) in [4.78, 5) is 20.2. The van der Waals surface area contributed by atoms with Gasteiger partial charge in [-0.1, -0.05) is 18.2 Å². The molecule has 0 aliphatic rings. The van der Waals surface area contributed by atoms with Crippen LogP contribution in [0.4, 0.5) is 0 Å². The highest BCUT2D eigenvalue weighted by Crippen LogP contribution is 2.37. The van der Waals surface area contributed by atoms with Gasteiger partial charge in [0.05, 0.1) is 24.7 Å². The molecule has 144 valence electrons. The second kappa shape index (κ2) is 7.93. The molecule has 0 spiro atoms. The molecule has 0 amide bonds. The van der Waals surface area contributed by atoms with E-state index in [0.717, 1.165) is 16.8 Å². The van der Waals surface area contributed by atoms with E-state index in [0.29, 0.717) is 22.8 Å². The van der Waals surface area contributed by atoms with E-state index in [-0.39, 0.29) is 0 Å². The van der Waals surface area contributed by atoms with E-state index in [1.807, 2.05) is 42.6 Å². The molecule has 0 radical (unpaired) electrons. The van der Waals surface area contributed by atoms with Crippen LogP contribution in [0, 0.1) is 0 Å². The third-order valence-electron chi connectivity index (χ3n) is 4.32. The van der Waals surface area contributed by atoms with Gasteiger partial charge in [0.25, 0.3) is 0 Å². The Morgan fingerprint density at radius 1 is 1.03 bits per heavy atom. The van der Waals surface area contributed by atoms with Crippen molar-refractivity contribution in [3.8, 4) is 39.6 Å². The molecule has 0 unspecified atom stereocenters. The predicted molar refractivity (Wildman–Crippen MR) is 108 cm³/mol. The maximum Gasteiger partial charge on any atom is 0.308 e. The fraction of sp³-hybridized carbons (Fsp3) is 0.0909. The van der Waals surface area contributed by atoms with Crippen molar-refractivity contribution in [2.45, 2.75) is 6.92 Å². The fourth-order valence-corrected chi connectivity index (χ4v) is 3.00. The first-order valence-corrected chi connectivity index (χ1v) is 8.93. The maximum absolute atomic E-state index is 11.6. The Bertz CT molecular complexity index is 1160. The molecular weight excluding hydrogens is 368 g/mol. The van der Waals surface area contributed by atoms with Crippen molar-refractivity contribution in [2.75, 3.05) is 7.11 Å². The Morgan fingerprint density at radius 3 is 2.62 bits per heavy atom. The number of aromatic nitrogens is 4. The van der Waals surface area contributed by atoms with Crippen LogP contribution in [0.1, 0.15) is 6.92 Å². The van der Waals surface area contributed by atoms with Crippen LogP contribution in [0.2, 0.25) is 0 Å². The highest BCUT2D eigenvalue weighted by Gasteiger charge is 2.17. The molecule has 0 bridgehead atoms. The van der Waals surface area contributed by atoms with Crippen molar-refractivity contribution in [1.29, 1.82) is 0 Å². The zero-order valence-electron chi connectivity index (χ0n) is 15.9. The topological polar surface area (TPSA) is 79.1 Å². The molecule has 0 N–H and O–H groups in total. The minimum absolute atomic E-state index is 0.368. The summed E-state index contributed by atoms with van der Waals surface area (Å²) in [7, 11) is 1.56. The molecule has 4 aromatic rings. The summed E-state index contributed by atoms with van der Waals surface area (Å²) in [6.07, 6.45) is 6.84. The summed E-state index contributed by atoms with van der Waals surface area (Å²) in [5, 5.41) is 4.45. The number of carbonyl (C=O) groups excluding carboxylic acids is 1. The first kappa shape index (κ1) is 18.4. The van der Waals surface area contributed by atoms with Gasteiger partial charge < -0.3 is 9.47 Å². The van der Waals surface area contributed by atoms with Gasteiger partial charge in [-0.3, -0.25) is 4.79 Å². The lowest BCUT2D eigenvalue weighted by Gasteiger charge is -2.12. The van der Waals surface area contributed by atoms with E-state index in [1.54, 1.807) is 36.3 Å². The van der Waals surface area contributed by atoms with Crippen LogP contribution in [-0.2, 0) is 4.79 Å². The first-order chi connectivity index (χ1) is 14.2. The molecule has 2 aromatic heterocycles. The Labute approximate surface area is 167 Å². The van der Waals surface area contributed by atoms with Gasteiger partial charge >= 0.3 is 5.97 Å². The van der Waals surface area contributed by atoms with E-state index >= 15 is 0 Å². The van der Waals surface area contributed by atoms with Crippen LogP contribution in [0.15, 0.2) is 73.4 Å². The van der Waals surface area contributed by atoms with Gasteiger partial charge in [-0.15, -0.1) is 0 Å². The number of hydrogen-bond acceptors (Lipinski definition) is 6. The number of para-hydroxylation sites is 1. The van der Waals surface area contributed by atoms with Gasteiger partial charge in [-0.2, -0.15) is 5.10 Å². The predicted octanol–water partition coefficient (Wildman–Crippen LogP) is 3.93.